The van der Waals surface area contributed by atoms with E-state index in [2.05, 4.69) is 9.98 Å². The Hall–Kier alpha value is -0.120. The van der Waals surface area contributed by atoms with Crippen molar-refractivity contribution >= 4 is 23.7 Å². The molecule has 0 saturated heterocycles. The molecule has 0 amide bonds. The van der Waals surface area contributed by atoms with Gasteiger partial charge in [0.2, 0.25) is 0 Å². The Balaban J connectivity index is -0.00000544. The van der Waals surface area contributed by atoms with Gasteiger partial charge in [0.1, 0.15) is 0 Å². The van der Waals surface area contributed by atoms with Crippen molar-refractivity contribution in [2.75, 3.05) is 13.1 Å². The first-order valence-electron chi connectivity index (χ1n) is 13.3. The van der Waals surface area contributed by atoms with Gasteiger partial charge in [-0.25, -0.2) is 0 Å². The zero-order valence-electron chi connectivity index (χ0n) is 23.0. The molecule has 0 fully saturated rings. The van der Waals surface area contributed by atoms with Gasteiger partial charge in [-0.05, 0) is 50.3 Å². The molecule has 198 valence electrons. The predicted octanol–water partition coefficient (Wildman–Crippen LogP) is -1.52. The number of carboxylic acid groups (broad SMARTS) is 2. The number of aliphatic imine (C=N–C) groups is 2. The van der Waals surface area contributed by atoms with E-state index < -0.39 is 11.9 Å². The topological polar surface area (TPSA) is 145 Å². The number of unbranched alkanes of at least 4 members (excludes halogenated alkanes) is 14. The van der Waals surface area contributed by atoms with Crippen molar-refractivity contribution in [2.24, 2.45) is 9.98 Å². The normalized spacial score (nSPS) is 11.6. The molecule has 0 heterocycles. The van der Waals surface area contributed by atoms with Crippen LogP contribution in [0.5, 0.6) is 0 Å². The van der Waals surface area contributed by atoms with Gasteiger partial charge in [-0.3, -0.25) is 9.59 Å². The van der Waals surface area contributed by atoms with Crippen LogP contribution in [0.1, 0.15) is 128 Å². The molecule has 0 aliphatic rings. The molecular weight excluding hydrogens is 482 g/mol. The number of aliphatic carboxylic acids is 2. The average Bonchev–Trinajstić information content (AvgIpc) is 2.78. The Morgan fingerprint density at radius 2 is 0.667 bits per heavy atom. The van der Waals surface area contributed by atoms with Crippen molar-refractivity contribution < 1.29 is 89.1 Å². The third-order valence-electron chi connectivity index (χ3n) is 5.74. The van der Waals surface area contributed by atoms with E-state index in [0.717, 1.165) is 103 Å². The first-order valence-corrected chi connectivity index (χ1v) is 13.3. The second-order valence-electron chi connectivity index (χ2n) is 9.00. The van der Waals surface area contributed by atoms with Crippen molar-refractivity contribution in [1.29, 1.82) is 0 Å². The predicted molar refractivity (Wildman–Crippen MR) is 132 cm³/mol. The van der Waals surface area contributed by atoms with Crippen LogP contribution in [0.3, 0.4) is 0 Å². The molecule has 0 aliphatic carbocycles. The Bertz CT molecular complexity index is 539. The summed E-state index contributed by atoms with van der Waals surface area (Å²) in [6.07, 6.45) is 17.3. The van der Waals surface area contributed by atoms with Gasteiger partial charge in [0.15, 0.2) is 0 Å². The maximum absolute atomic E-state index is 11.8. The molecule has 10 heteroatoms. The minimum atomic E-state index is -0.725. The molecule has 8 nitrogen and oxygen atoms in total. The zero-order chi connectivity index (χ0) is 25.3. The van der Waals surface area contributed by atoms with Crippen LogP contribution in [-0.4, -0.2) is 47.0 Å². The van der Waals surface area contributed by atoms with Gasteiger partial charge in [0.25, 0.3) is 0 Å². The molecular formula is C26H46N2Na2O6. The van der Waals surface area contributed by atoms with Crippen LogP contribution in [0.2, 0.25) is 0 Å². The smallest absolute Gasteiger partial charge is 0.862 e. The van der Waals surface area contributed by atoms with E-state index in [4.69, 9.17) is 10.2 Å². The van der Waals surface area contributed by atoms with Gasteiger partial charge < -0.3 is 30.4 Å². The molecule has 0 rings (SSSR count). The zero-order valence-corrected chi connectivity index (χ0v) is 27.0. The van der Waals surface area contributed by atoms with Gasteiger partial charge in [-0.2, -0.15) is 0 Å². The fourth-order valence-electron chi connectivity index (χ4n) is 3.73. The second-order valence-corrected chi connectivity index (χ2v) is 9.00. The van der Waals surface area contributed by atoms with Crippen LogP contribution < -0.4 is 69.3 Å². The third kappa shape index (κ3) is 33.9. The van der Waals surface area contributed by atoms with Crippen molar-refractivity contribution in [3.63, 3.8) is 0 Å². The van der Waals surface area contributed by atoms with E-state index in [-0.39, 0.29) is 96.8 Å². The molecule has 0 aromatic heterocycles. The number of carbonyl (C=O) groups is 2. The largest absolute Gasteiger partial charge is 1.00 e. The molecule has 36 heavy (non-hydrogen) atoms. The Morgan fingerprint density at radius 1 is 0.444 bits per heavy atom. The van der Waals surface area contributed by atoms with Crippen LogP contribution in [0.25, 0.3) is 0 Å². The van der Waals surface area contributed by atoms with Crippen molar-refractivity contribution in [2.45, 2.75) is 128 Å². The van der Waals surface area contributed by atoms with E-state index in [1.165, 1.54) is 0 Å². The van der Waals surface area contributed by atoms with Gasteiger partial charge >= 0.3 is 71.1 Å². The van der Waals surface area contributed by atoms with Crippen LogP contribution in [0, 0.1) is 0 Å². The molecule has 0 radical (unpaired) electrons. The summed E-state index contributed by atoms with van der Waals surface area (Å²) in [4.78, 5) is 28.8. The summed E-state index contributed by atoms with van der Waals surface area (Å²) in [5.41, 5.74) is 0. The Kier molecular flexibility index (Phi) is 34.9. The summed E-state index contributed by atoms with van der Waals surface area (Å²) in [5.74, 6) is -1.67. The Labute approximate surface area is 262 Å². The van der Waals surface area contributed by atoms with Gasteiger partial charge in [-0.15, -0.1) is 0 Å². The van der Waals surface area contributed by atoms with E-state index in [9.17, 15) is 19.8 Å². The van der Waals surface area contributed by atoms with Crippen LogP contribution in [0.4, 0.5) is 0 Å². The SMILES string of the molecule is O=C(O)CCCCCCCCCCC([O-])=NCCN=C([O-])CCCCCCCCCCC(=O)O.[Na+].[Na+]. The van der Waals surface area contributed by atoms with E-state index in [1.54, 1.807) is 0 Å². The standard InChI is InChI=1S/C26H48N2O6.2Na/c29-23(17-13-9-5-1-3-7-11-15-19-25(31)32)27-21-22-28-24(30)18-14-10-6-2-4-8-12-16-20-26(33)34;;/h1-22H2,(H,27,29)(H,28,30)(H,31,32)(H,33,34);;/q;2*+1/p-2. The molecule has 0 unspecified atom stereocenters. The fraction of sp³-hybridized carbons (Fsp3) is 0.846. The molecule has 0 aliphatic heterocycles. The summed E-state index contributed by atoms with van der Waals surface area (Å²) in [6.45, 7) is 0.561. The number of carboxylic acids is 2. The minimum Gasteiger partial charge on any atom is -0.862 e. The number of nitrogens with zero attached hydrogens (tertiary/aromatic N) is 2. The maximum Gasteiger partial charge on any atom is 1.00 e. The van der Waals surface area contributed by atoms with E-state index in [1.807, 2.05) is 0 Å². The molecule has 0 saturated carbocycles. The summed E-state index contributed by atoms with van der Waals surface area (Å²) in [7, 11) is 0. The van der Waals surface area contributed by atoms with Gasteiger partial charge in [-0.1, -0.05) is 77.0 Å². The van der Waals surface area contributed by atoms with Crippen LogP contribution in [0.15, 0.2) is 9.98 Å². The second kappa shape index (κ2) is 31.1. The van der Waals surface area contributed by atoms with Crippen LogP contribution in [-0.2, 0) is 9.59 Å². The molecule has 0 bridgehead atoms. The average molecular weight is 529 g/mol. The molecule has 2 N–H and O–H groups in total. The fourth-order valence-corrected chi connectivity index (χ4v) is 3.73. The number of hydrogen-bond donors (Lipinski definition) is 2. The molecule has 0 aromatic rings. The first kappa shape index (κ1) is 40.4. The molecule has 0 atom stereocenters. The number of rotatable bonds is 25. The summed E-state index contributed by atoms with van der Waals surface area (Å²) in [5, 5.41) is 40.7. The first-order chi connectivity index (χ1) is 16.4. The van der Waals surface area contributed by atoms with E-state index in [0.29, 0.717) is 12.8 Å². The van der Waals surface area contributed by atoms with Crippen LogP contribution >= 0.6 is 0 Å². The quantitative estimate of drug-likeness (QED) is 0.0637. The minimum absolute atomic E-state index is 0. The van der Waals surface area contributed by atoms with Crippen molar-refractivity contribution in [3.8, 4) is 0 Å². The van der Waals surface area contributed by atoms with Gasteiger partial charge in [0.05, 0.1) is 13.1 Å². The van der Waals surface area contributed by atoms with E-state index >= 15 is 0 Å². The Morgan fingerprint density at radius 3 is 0.917 bits per heavy atom. The monoisotopic (exact) mass is 528 g/mol. The third-order valence-corrected chi connectivity index (χ3v) is 5.74. The van der Waals surface area contributed by atoms with Crippen molar-refractivity contribution in [1.82, 2.24) is 0 Å². The molecule has 0 aromatic carbocycles. The summed E-state index contributed by atoms with van der Waals surface area (Å²) < 4.78 is 0. The summed E-state index contributed by atoms with van der Waals surface area (Å²) >= 11 is 0. The number of hydrogen-bond acceptors (Lipinski definition) is 6. The van der Waals surface area contributed by atoms with Gasteiger partial charge in [0, 0.05) is 12.8 Å². The summed E-state index contributed by atoms with van der Waals surface area (Å²) in [6, 6.07) is 0. The van der Waals surface area contributed by atoms with Crippen molar-refractivity contribution in [3.05, 3.63) is 0 Å². The maximum atomic E-state index is 11.8. The molecule has 0 spiro atoms.